The van der Waals surface area contributed by atoms with Crippen LogP contribution in [-0.4, -0.2) is 36.0 Å². The summed E-state index contributed by atoms with van der Waals surface area (Å²) in [6, 6.07) is 4.62. The Kier molecular flexibility index (Phi) is 5.70. The highest BCUT2D eigenvalue weighted by atomic mass is 35.5. The van der Waals surface area contributed by atoms with Crippen LogP contribution in [0.15, 0.2) is 18.2 Å². The molecule has 1 heterocycles. The van der Waals surface area contributed by atoms with Gasteiger partial charge in [0.15, 0.2) is 0 Å². The highest BCUT2D eigenvalue weighted by molar-refractivity contribution is 6.36. The Labute approximate surface area is 140 Å². The van der Waals surface area contributed by atoms with E-state index in [2.05, 4.69) is 0 Å². The van der Waals surface area contributed by atoms with E-state index in [1.807, 2.05) is 6.92 Å². The molecule has 2 rings (SSSR count). The van der Waals surface area contributed by atoms with Gasteiger partial charge in [0.1, 0.15) is 6.04 Å². The zero-order chi connectivity index (χ0) is 16.3. The molecule has 1 aromatic rings. The molecule has 1 fully saturated rings. The third kappa shape index (κ3) is 3.73. The minimum Gasteiger partial charge on any atom is -0.464 e. The average Bonchev–Trinajstić information content (AvgIpc) is 2.85. The first-order valence-corrected chi connectivity index (χ1v) is 8.08. The van der Waals surface area contributed by atoms with E-state index >= 15 is 0 Å². The molecule has 120 valence electrons. The number of ether oxygens (including phenoxy) is 1. The first-order valence-electron chi connectivity index (χ1n) is 7.33. The van der Waals surface area contributed by atoms with Gasteiger partial charge in [-0.15, -0.1) is 0 Å². The second-order valence-corrected chi connectivity index (χ2v) is 6.35. The van der Waals surface area contributed by atoms with Crippen molar-refractivity contribution in [2.45, 2.75) is 32.7 Å². The minimum absolute atomic E-state index is 0.0845. The lowest BCUT2D eigenvalue weighted by atomic mass is 10.1. The van der Waals surface area contributed by atoms with Gasteiger partial charge in [-0.3, -0.25) is 4.79 Å². The predicted octanol–water partition coefficient (Wildman–Crippen LogP) is 3.34. The van der Waals surface area contributed by atoms with E-state index in [-0.39, 0.29) is 24.2 Å². The van der Waals surface area contributed by atoms with Crippen molar-refractivity contribution in [3.63, 3.8) is 0 Å². The lowest BCUT2D eigenvalue weighted by Crippen LogP contribution is -2.42. The topological polar surface area (TPSA) is 46.6 Å². The summed E-state index contributed by atoms with van der Waals surface area (Å²) < 4.78 is 5.07. The Morgan fingerprint density at radius 3 is 2.55 bits per heavy atom. The molecule has 0 aliphatic carbocycles. The molecule has 2 atom stereocenters. The number of halogens is 2. The van der Waals surface area contributed by atoms with Crippen LogP contribution in [0.2, 0.25) is 10.0 Å². The number of carbonyl (C=O) groups is 2. The molecular formula is C16H19Cl2NO3. The molecule has 1 aliphatic heterocycles. The fraction of sp³-hybridized carbons (Fsp3) is 0.500. The summed E-state index contributed by atoms with van der Waals surface area (Å²) in [7, 11) is 0. The average molecular weight is 344 g/mol. The predicted molar refractivity (Wildman–Crippen MR) is 86.1 cm³/mol. The maximum Gasteiger partial charge on any atom is 0.328 e. The van der Waals surface area contributed by atoms with Crippen molar-refractivity contribution < 1.29 is 14.3 Å². The summed E-state index contributed by atoms with van der Waals surface area (Å²) in [6.45, 7) is 4.63. The molecule has 2 unspecified atom stereocenters. The third-order valence-electron chi connectivity index (χ3n) is 3.78. The molecule has 6 heteroatoms. The lowest BCUT2D eigenvalue weighted by Gasteiger charge is -2.23. The van der Waals surface area contributed by atoms with E-state index in [0.717, 1.165) is 0 Å². The number of amides is 1. The zero-order valence-electron chi connectivity index (χ0n) is 12.6. The Bertz CT molecular complexity index is 556. The van der Waals surface area contributed by atoms with Crippen molar-refractivity contribution in [3.05, 3.63) is 33.8 Å². The van der Waals surface area contributed by atoms with Gasteiger partial charge < -0.3 is 9.64 Å². The summed E-state index contributed by atoms with van der Waals surface area (Å²) in [5, 5.41) is 0.918. The van der Waals surface area contributed by atoms with Crippen LogP contribution in [0.3, 0.4) is 0 Å². The highest BCUT2D eigenvalue weighted by Crippen LogP contribution is 2.28. The van der Waals surface area contributed by atoms with Crippen molar-refractivity contribution in [2.75, 3.05) is 13.2 Å². The van der Waals surface area contributed by atoms with E-state index in [1.54, 1.807) is 30.0 Å². The van der Waals surface area contributed by atoms with Crippen LogP contribution in [0.1, 0.15) is 25.8 Å². The second kappa shape index (κ2) is 7.34. The van der Waals surface area contributed by atoms with E-state index in [4.69, 9.17) is 27.9 Å². The monoisotopic (exact) mass is 343 g/mol. The van der Waals surface area contributed by atoms with E-state index in [9.17, 15) is 9.59 Å². The molecule has 4 nitrogen and oxygen atoms in total. The number of hydrogen-bond acceptors (Lipinski definition) is 3. The molecular weight excluding hydrogens is 325 g/mol. The van der Waals surface area contributed by atoms with Crippen molar-refractivity contribution in [3.8, 4) is 0 Å². The molecule has 0 spiro atoms. The maximum absolute atomic E-state index is 12.6. The highest BCUT2D eigenvalue weighted by Gasteiger charge is 2.38. The smallest absolute Gasteiger partial charge is 0.328 e. The van der Waals surface area contributed by atoms with Crippen LogP contribution in [0, 0.1) is 5.92 Å². The first-order chi connectivity index (χ1) is 10.4. The Hall–Kier alpha value is -1.26. The number of carbonyl (C=O) groups excluding carboxylic acids is 2. The van der Waals surface area contributed by atoms with Gasteiger partial charge in [-0.05, 0) is 37.0 Å². The Morgan fingerprint density at radius 1 is 1.32 bits per heavy atom. The molecule has 0 saturated carbocycles. The molecule has 1 amide bonds. The van der Waals surface area contributed by atoms with Crippen molar-refractivity contribution in [1.82, 2.24) is 4.90 Å². The number of esters is 1. The first kappa shape index (κ1) is 17.1. The van der Waals surface area contributed by atoms with E-state index in [0.29, 0.717) is 35.2 Å². The molecule has 0 aromatic heterocycles. The van der Waals surface area contributed by atoms with Gasteiger partial charge in [0.25, 0.3) is 0 Å². The summed E-state index contributed by atoms with van der Waals surface area (Å²) in [5.41, 5.74) is 0.595. The maximum atomic E-state index is 12.6. The number of nitrogens with zero attached hydrogens (tertiary/aromatic N) is 1. The molecule has 1 aliphatic rings. The summed E-state index contributed by atoms with van der Waals surface area (Å²) in [5.74, 6) is -0.233. The van der Waals surface area contributed by atoms with Crippen LogP contribution < -0.4 is 0 Å². The largest absolute Gasteiger partial charge is 0.464 e. The minimum atomic E-state index is -0.510. The second-order valence-electron chi connectivity index (χ2n) is 5.53. The van der Waals surface area contributed by atoms with Gasteiger partial charge in [-0.2, -0.15) is 0 Å². The molecule has 1 saturated heterocycles. The summed E-state index contributed by atoms with van der Waals surface area (Å²) >= 11 is 12.2. The Morgan fingerprint density at radius 2 is 1.95 bits per heavy atom. The summed E-state index contributed by atoms with van der Waals surface area (Å²) in [6.07, 6.45) is 0.710. The lowest BCUT2D eigenvalue weighted by molar-refractivity contribution is -0.152. The fourth-order valence-electron chi connectivity index (χ4n) is 2.74. The SMILES string of the molecule is CCOC(=O)C1CC(C)CN1C(=O)Cc1c(Cl)cccc1Cl. The van der Waals surface area contributed by atoms with Crippen LogP contribution >= 0.6 is 23.2 Å². The fourth-order valence-corrected chi connectivity index (χ4v) is 3.27. The van der Waals surface area contributed by atoms with Gasteiger partial charge in [-0.1, -0.05) is 36.2 Å². The molecule has 0 bridgehead atoms. The summed E-state index contributed by atoms with van der Waals surface area (Å²) in [4.78, 5) is 26.2. The van der Waals surface area contributed by atoms with Gasteiger partial charge in [0, 0.05) is 16.6 Å². The number of hydrogen-bond donors (Lipinski definition) is 0. The number of benzene rings is 1. The van der Waals surface area contributed by atoms with Crippen molar-refractivity contribution >= 4 is 35.1 Å². The van der Waals surface area contributed by atoms with Gasteiger partial charge in [0.2, 0.25) is 5.91 Å². The standard InChI is InChI=1S/C16H19Cl2NO3/c1-3-22-16(21)14-7-10(2)9-19(14)15(20)8-11-12(17)5-4-6-13(11)18/h4-6,10,14H,3,7-9H2,1-2H3. The van der Waals surface area contributed by atoms with E-state index in [1.165, 1.54) is 0 Å². The van der Waals surface area contributed by atoms with Gasteiger partial charge >= 0.3 is 5.97 Å². The van der Waals surface area contributed by atoms with Gasteiger partial charge in [-0.25, -0.2) is 4.79 Å². The van der Waals surface area contributed by atoms with Crippen molar-refractivity contribution in [2.24, 2.45) is 5.92 Å². The molecule has 0 radical (unpaired) electrons. The van der Waals surface area contributed by atoms with Crippen molar-refractivity contribution in [1.29, 1.82) is 0 Å². The molecule has 0 N–H and O–H groups in total. The van der Waals surface area contributed by atoms with Crippen LogP contribution in [0.5, 0.6) is 0 Å². The quantitative estimate of drug-likeness (QED) is 0.787. The van der Waals surface area contributed by atoms with Crippen LogP contribution in [-0.2, 0) is 20.7 Å². The normalized spacial score (nSPS) is 21.0. The third-order valence-corrected chi connectivity index (χ3v) is 4.49. The number of likely N-dealkylation sites (tertiary alicyclic amines) is 1. The molecule has 1 aromatic carbocycles. The zero-order valence-corrected chi connectivity index (χ0v) is 14.2. The molecule has 22 heavy (non-hydrogen) atoms. The van der Waals surface area contributed by atoms with Gasteiger partial charge in [0.05, 0.1) is 13.0 Å². The van der Waals surface area contributed by atoms with E-state index < -0.39 is 6.04 Å². The van der Waals surface area contributed by atoms with Crippen LogP contribution in [0.25, 0.3) is 0 Å². The van der Waals surface area contributed by atoms with Crippen LogP contribution in [0.4, 0.5) is 0 Å². The number of rotatable bonds is 4. The Balaban J connectivity index is 2.15.